The highest BCUT2D eigenvalue weighted by Gasteiger charge is 2.15. The number of carbonyl (C=O) groups is 1. The highest BCUT2D eigenvalue weighted by molar-refractivity contribution is 5.91. The third kappa shape index (κ3) is 5.32. The third-order valence-electron chi connectivity index (χ3n) is 4.55. The SMILES string of the molecule is CCOCCCn1c(NC(=O)CCNc2ccccc2[N+](=O)[O-])nc2ccccc21. The number of aromatic nitrogens is 2. The molecule has 1 heterocycles. The van der Waals surface area contributed by atoms with Crippen LogP contribution in [0, 0.1) is 10.1 Å². The molecule has 9 nitrogen and oxygen atoms in total. The highest BCUT2D eigenvalue weighted by atomic mass is 16.6. The largest absolute Gasteiger partial charge is 0.382 e. The van der Waals surface area contributed by atoms with E-state index in [2.05, 4.69) is 15.6 Å². The van der Waals surface area contributed by atoms with Gasteiger partial charge in [-0.2, -0.15) is 0 Å². The van der Waals surface area contributed by atoms with Gasteiger partial charge in [0.1, 0.15) is 5.69 Å². The second-order valence-electron chi connectivity index (χ2n) is 6.63. The summed E-state index contributed by atoms with van der Waals surface area (Å²) in [5.74, 6) is 0.269. The number of fused-ring (bicyclic) bond motifs is 1. The van der Waals surface area contributed by atoms with E-state index in [9.17, 15) is 14.9 Å². The number of ether oxygens (including phenoxy) is 1. The van der Waals surface area contributed by atoms with Crippen molar-refractivity contribution in [3.63, 3.8) is 0 Å². The van der Waals surface area contributed by atoms with Gasteiger partial charge >= 0.3 is 0 Å². The van der Waals surface area contributed by atoms with Crippen LogP contribution in [0.2, 0.25) is 0 Å². The molecule has 158 valence electrons. The number of rotatable bonds is 11. The lowest BCUT2D eigenvalue weighted by molar-refractivity contribution is -0.384. The lowest BCUT2D eigenvalue weighted by Crippen LogP contribution is -2.19. The molecule has 2 aromatic carbocycles. The molecule has 0 radical (unpaired) electrons. The van der Waals surface area contributed by atoms with Crippen molar-refractivity contribution in [2.24, 2.45) is 0 Å². The minimum Gasteiger partial charge on any atom is -0.382 e. The first kappa shape index (κ1) is 21.3. The number of aryl methyl sites for hydroxylation is 1. The Balaban J connectivity index is 1.62. The maximum atomic E-state index is 12.5. The number of amides is 1. The molecule has 0 aliphatic rings. The van der Waals surface area contributed by atoms with E-state index in [1.807, 2.05) is 35.8 Å². The molecule has 0 bridgehead atoms. The van der Waals surface area contributed by atoms with Gasteiger partial charge in [-0.25, -0.2) is 4.98 Å². The fourth-order valence-electron chi connectivity index (χ4n) is 3.15. The van der Waals surface area contributed by atoms with Crippen LogP contribution in [0.4, 0.5) is 17.3 Å². The molecule has 0 atom stereocenters. The molecule has 1 aromatic heterocycles. The van der Waals surface area contributed by atoms with Crippen molar-refractivity contribution in [2.45, 2.75) is 26.3 Å². The number of carbonyl (C=O) groups excluding carboxylic acids is 1. The van der Waals surface area contributed by atoms with Crippen molar-refractivity contribution < 1.29 is 14.5 Å². The quantitative estimate of drug-likeness (QED) is 0.282. The topological polar surface area (TPSA) is 111 Å². The molecule has 0 aliphatic heterocycles. The first-order valence-corrected chi connectivity index (χ1v) is 9.90. The Morgan fingerprint density at radius 3 is 2.77 bits per heavy atom. The number of imidazole rings is 1. The molecule has 9 heteroatoms. The first-order chi connectivity index (χ1) is 14.6. The zero-order chi connectivity index (χ0) is 21.3. The van der Waals surface area contributed by atoms with Crippen LogP contribution in [-0.4, -0.2) is 40.1 Å². The summed E-state index contributed by atoms with van der Waals surface area (Å²) in [5, 5.41) is 16.9. The van der Waals surface area contributed by atoms with Gasteiger partial charge in [-0.05, 0) is 31.5 Å². The van der Waals surface area contributed by atoms with E-state index in [1.165, 1.54) is 6.07 Å². The van der Waals surface area contributed by atoms with Crippen molar-refractivity contribution in [1.82, 2.24) is 9.55 Å². The molecule has 0 saturated heterocycles. The lowest BCUT2D eigenvalue weighted by atomic mass is 10.2. The normalized spacial score (nSPS) is 10.8. The minimum atomic E-state index is -0.451. The number of hydrogen-bond acceptors (Lipinski definition) is 6. The first-order valence-electron chi connectivity index (χ1n) is 9.90. The molecule has 0 aliphatic carbocycles. The molecule has 30 heavy (non-hydrogen) atoms. The Bertz CT molecular complexity index is 1020. The van der Waals surface area contributed by atoms with Crippen LogP contribution < -0.4 is 10.6 Å². The molecule has 2 N–H and O–H groups in total. The molecule has 1 amide bonds. The van der Waals surface area contributed by atoms with E-state index in [-0.39, 0.29) is 24.6 Å². The molecule has 3 rings (SSSR count). The van der Waals surface area contributed by atoms with Gasteiger partial charge in [0.25, 0.3) is 5.69 Å². The van der Waals surface area contributed by atoms with Crippen molar-refractivity contribution in [2.75, 3.05) is 30.4 Å². The summed E-state index contributed by atoms with van der Waals surface area (Å²) >= 11 is 0. The summed E-state index contributed by atoms with van der Waals surface area (Å²) in [4.78, 5) is 27.6. The highest BCUT2D eigenvalue weighted by Crippen LogP contribution is 2.23. The van der Waals surface area contributed by atoms with Crippen molar-refractivity contribution in [1.29, 1.82) is 0 Å². The van der Waals surface area contributed by atoms with Gasteiger partial charge in [0.05, 0.1) is 16.0 Å². The Hall–Kier alpha value is -3.46. The fraction of sp³-hybridized carbons (Fsp3) is 0.333. The van der Waals surface area contributed by atoms with Gasteiger partial charge in [-0.15, -0.1) is 0 Å². The van der Waals surface area contributed by atoms with E-state index in [1.54, 1.807) is 18.2 Å². The maximum absolute atomic E-state index is 12.5. The van der Waals surface area contributed by atoms with E-state index >= 15 is 0 Å². The molecule has 0 fully saturated rings. The summed E-state index contributed by atoms with van der Waals surface area (Å²) in [5.41, 5.74) is 2.12. The van der Waals surface area contributed by atoms with E-state index in [0.29, 0.717) is 31.4 Å². The van der Waals surface area contributed by atoms with Gasteiger partial charge in [0, 0.05) is 38.8 Å². The number of hydrogen-bond donors (Lipinski definition) is 2. The zero-order valence-corrected chi connectivity index (χ0v) is 16.8. The number of nitrogens with zero attached hydrogens (tertiary/aromatic N) is 3. The number of nitro benzene ring substituents is 1. The molecule has 0 unspecified atom stereocenters. The van der Waals surface area contributed by atoms with Crippen molar-refractivity contribution in [3.8, 4) is 0 Å². The summed E-state index contributed by atoms with van der Waals surface area (Å²) in [6.45, 7) is 4.19. The van der Waals surface area contributed by atoms with Crippen molar-refractivity contribution in [3.05, 3.63) is 58.6 Å². The van der Waals surface area contributed by atoms with Crippen LogP contribution >= 0.6 is 0 Å². The Morgan fingerprint density at radius 2 is 1.97 bits per heavy atom. The Morgan fingerprint density at radius 1 is 1.20 bits per heavy atom. The average Bonchev–Trinajstić information content (AvgIpc) is 3.08. The summed E-state index contributed by atoms with van der Waals surface area (Å²) in [6, 6.07) is 14.1. The van der Waals surface area contributed by atoms with E-state index in [0.717, 1.165) is 17.5 Å². The summed E-state index contributed by atoms with van der Waals surface area (Å²) in [6.07, 6.45) is 0.949. The van der Waals surface area contributed by atoms with Crippen LogP contribution in [0.3, 0.4) is 0 Å². The van der Waals surface area contributed by atoms with Gasteiger partial charge in [0.2, 0.25) is 11.9 Å². The number of para-hydroxylation sites is 4. The van der Waals surface area contributed by atoms with Gasteiger partial charge in [-0.1, -0.05) is 24.3 Å². The lowest BCUT2D eigenvalue weighted by Gasteiger charge is -2.11. The van der Waals surface area contributed by atoms with Crippen LogP contribution in [0.1, 0.15) is 19.8 Å². The molecular formula is C21H25N5O4. The van der Waals surface area contributed by atoms with E-state index < -0.39 is 4.92 Å². The van der Waals surface area contributed by atoms with E-state index in [4.69, 9.17) is 4.74 Å². The second-order valence-corrected chi connectivity index (χ2v) is 6.63. The predicted octanol–water partition coefficient (Wildman–Crippen LogP) is 3.81. The van der Waals surface area contributed by atoms with Gasteiger partial charge < -0.3 is 14.6 Å². The maximum Gasteiger partial charge on any atom is 0.292 e. The Labute approximate surface area is 174 Å². The van der Waals surface area contributed by atoms with Crippen molar-refractivity contribution >= 4 is 34.3 Å². The summed E-state index contributed by atoms with van der Waals surface area (Å²) < 4.78 is 7.38. The third-order valence-corrected chi connectivity index (χ3v) is 4.55. The number of nitro groups is 1. The predicted molar refractivity (Wildman–Crippen MR) is 116 cm³/mol. The van der Waals surface area contributed by atoms with Crippen LogP contribution in [0.5, 0.6) is 0 Å². The minimum absolute atomic E-state index is 0.0194. The van der Waals surface area contributed by atoms with Crippen LogP contribution in [0.15, 0.2) is 48.5 Å². The zero-order valence-electron chi connectivity index (χ0n) is 16.8. The molecule has 0 saturated carbocycles. The number of anilines is 2. The van der Waals surface area contributed by atoms with Gasteiger partial charge in [-0.3, -0.25) is 20.2 Å². The smallest absolute Gasteiger partial charge is 0.292 e. The summed E-state index contributed by atoms with van der Waals surface area (Å²) in [7, 11) is 0. The van der Waals surface area contributed by atoms with Crippen LogP contribution in [-0.2, 0) is 16.1 Å². The fourth-order valence-corrected chi connectivity index (χ4v) is 3.15. The van der Waals surface area contributed by atoms with Gasteiger partial charge in [0.15, 0.2) is 0 Å². The number of benzene rings is 2. The monoisotopic (exact) mass is 411 g/mol. The number of nitrogens with one attached hydrogen (secondary N) is 2. The van der Waals surface area contributed by atoms with Crippen LogP contribution in [0.25, 0.3) is 11.0 Å². The molecular weight excluding hydrogens is 386 g/mol. The standard InChI is InChI=1S/C21H25N5O4/c1-2-30-15-7-14-25-18-10-5-4-9-17(18)23-21(25)24-20(27)12-13-22-16-8-3-6-11-19(16)26(28)29/h3-6,8-11,22H,2,7,12-15H2,1H3,(H,23,24,27). The second kappa shape index (κ2) is 10.4. The average molecular weight is 411 g/mol. The molecule has 0 spiro atoms. The molecule has 3 aromatic rings. The Kier molecular flexibility index (Phi) is 7.34.